The number of hydrogen-bond acceptors (Lipinski definition) is 4. The van der Waals surface area contributed by atoms with Gasteiger partial charge >= 0.3 is 12.1 Å². The van der Waals surface area contributed by atoms with E-state index in [1.807, 2.05) is 0 Å². The highest BCUT2D eigenvalue weighted by Crippen LogP contribution is 2.24. The molecule has 1 rings (SSSR count). The fourth-order valence-electron chi connectivity index (χ4n) is 1.80. The standard InChI is InChI=1S/C9H11BrF3NO4S/c10-4-7(15)3-6-5-19(17,18)2-1-14(6)8(16)9(11,12)13/h6H,1-5H2. The summed E-state index contributed by atoms with van der Waals surface area (Å²) in [6, 6.07) is -1.25. The highest BCUT2D eigenvalue weighted by Gasteiger charge is 2.47. The van der Waals surface area contributed by atoms with Gasteiger partial charge in [0.1, 0.15) is 5.78 Å². The number of rotatable bonds is 3. The number of carbonyl (C=O) groups excluding carboxylic acids is 2. The minimum atomic E-state index is -5.07. The average molecular weight is 366 g/mol. The molecule has 0 saturated carbocycles. The molecule has 1 heterocycles. The van der Waals surface area contributed by atoms with Gasteiger partial charge in [0.25, 0.3) is 0 Å². The van der Waals surface area contributed by atoms with Crippen LogP contribution in [-0.2, 0) is 19.4 Å². The summed E-state index contributed by atoms with van der Waals surface area (Å²) in [5.74, 6) is -3.70. The number of alkyl halides is 4. The zero-order chi connectivity index (χ0) is 14.8. The lowest BCUT2D eigenvalue weighted by Crippen LogP contribution is -2.55. The molecule has 19 heavy (non-hydrogen) atoms. The molecule has 1 amide bonds. The second-order valence-electron chi connectivity index (χ2n) is 4.14. The predicted octanol–water partition coefficient (Wildman–Crippen LogP) is 0.528. The fourth-order valence-corrected chi connectivity index (χ4v) is 3.56. The molecule has 110 valence electrons. The van der Waals surface area contributed by atoms with E-state index in [0.717, 1.165) is 0 Å². The quantitative estimate of drug-likeness (QED) is 0.684. The second-order valence-corrected chi connectivity index (χ2v) is 6.93. The molecule has 10 heteroatoms. The van der Waals surface area contributed by atoms with Crippen molar-refractivity contribution in [3.63, 3.8) is 0 Å². The van der Waals surface area contributed by atoms with Crippen molar-refractivity contribution < 1.29 is 31.2 Å². The van der Waals surface area contributed by atoms with Crippen LogP contribution in [0.5, 0.6) is 0 Å². The molecule has 1 fully saturated rings. The molecule has 0 spiro atoms. The lowest BCUT2D eigenvalue weighted by Gasteiger charge is -2.35. The number of halogens is 4. The normalized spacial score (nSPS) is 23.2. The Morgan fingerprint density at radius 1 is 1.32 bits per heavy atom. The van der Waals surface area contributed by atoms with Crippen LogP contribution in [0, 0.1) is 0 Å². The predicted molar refractivity (Wildman–Crippen MR) is 63.6 cm³/mol. The van der Waals surface area contributed by atoms with E-state index in [0.29, 0.717) is 4.90 Å². The van der Waals surface area contributed by atoms with Gasteiger partial charge in [-0.15, -0.1) is 0 Å². The molecule has 1 unspecified atom stereocenters. The Morgan fingerprint density at radius 2 is 1.89 bits per heavy atom. The summed E-state index contributed by atoms with van der Waals surface area (Å²) in [6.45, 7) is -0.541. The molecule has 0 aromatic carbocycles. The lowest BCUT2D eigenvalue weighted by molar-refractivity contribution is -0.187. The highest BCUT2D eigenvalue weighted by atomic mass is 79.9. The van der Waals surface area contributed by atoms with Gasteiger partial charge in [0.05, 0.1) is 22.9 Å². The maximum Gasteiger partial charge on any atom is 0.471 e. The Balaban J connectivity index is 2.94. The van der Waals surface area contributed by atoms with E-state index in [9.17, 15) is 31.2 Å². The number of hydrogen-bond donors (Lipinski definition) is 0. The third kappa shape index (κ3) is 4.44. The van der Waals surface area contributed by atoms with Gasteiger partial charge in [0, 0.05) is 13.0 Å². The van der Waals surface area contributed by atoms with Crippen LogP contribution in [0.25, 0.3) is 0 Å². The van der Waals surface area contributed by atoms with E-state index in [-0.39, 0.29) is 5.33 Å². The van der Waals surface area contributed by atoms with E-state index < -0.39 is 58.2 Å². The van der Waals surface area contributed by atoms with Gasteiger partial charge in [0.2, 0.25) is 0 Å². The molecule has 1 atom stereocenters. The molecule has 1 aliphatic rings. The summed E-state index contributed by atoms with van der Waals surface area (Å²) >= 11 is 2.84. The van der Waals surface area contributed by atoms with Gasteiger partial charge in [0.15, 0.2) is 9.84 Å². The van der Waals surface area contributed by atoms with Crippen LogP contribution in [-0.4, -0.2) is 60.6 Å². The Hall–Kier alpha value is -0.640. The monoisotopic (exact) mass is 365 g/mol. The molecular formula is C9H11BrF3NO4S. The fraction of sp³-hybridized carbons (Fsp3) is 0.778. The first-order chi connectivity index (χ1) is 8.57. The Morgan fingerprint density at radius 3 is 2.37 bits per heavy atom. The molecule has 0 aromatic rings. The van der Waals surface area contributed by atoms with Crippen molar-refractivity contribution in [3.8, 4) is 0 Å². The first kappa shape index (κ1) is 16.4. The SMILES string of the molecule is O=C(CBr)CC1CS(=O)(=O)CCN1C(=O)C(F)(F)F. The Kier molecular flexibility index (Phi) is 4.99. The van der Waals surface area contributed by atoms with Gasteiger partial charge < -0.3 is 4.90 Å². The van der Waals surface area contributed by atoms with Crippen molar-refractivity contribution in [1.82, 2.24) is 4.90 Å². The molecule has 5 nitrogen and oxygen atoms in total. The van der Waals surface area contributed by atoms with Crippen molar-refractivity contribution in [1.29, 1.82) is 0 Å². The van der Waals surface area contributed by atoms with Crippen LogP contribution >= 0.6 is 15.9 Å². The van der Waals surface area contributed by atoms with Crippen LogP contribution in [0.3, 0.4) is 0 Å². The molecule has 1 aliphatic heterocycles. The van der Waals surface area contributed by atoms with E-state index >= 15 is 0 Å². The topological polar surface area (TPSA) is 71.5 Å². The number of nitrogens with zero attached hydrogens (tertiary/aromatic N) is 1. The molecular weight excluding hydrogens is 355 g/mol. The van der Waals surface area contributed by atoms with Crippen LogP contribution in [0.15, 0.2) is 0 Å². The van der Waals surface area contributed by atoms with E-state index in [1.165, 1.54) is 0 Å². The number of Topliss-reactive ketones (excluding diaryl/α,β-unsaturated/α-hetero) is 1. The van der Waals surface area contributed by atoms with Crippen molar-refractivity contribution in [3.05, 3.63) is 0 Å². The molecule has 0 bridgehead atoms. The Bertz CT molecular complexity index is 476. The van der Waals surface area contributed by atoms with Gasteiger partial charge in [-0.2, -0.15) is 13.2 Å². The molecule has 0 N–H and O–H groups in total. The zero-order valence-corrected chi connectivity index (χ0v) is 12.0. The van der Waals surface area contributed by atoms with Crippen molar-refractivity contribution >= 4 is 37.5 Å². The molecule has 0 aromatic heterocycles. The van der Waals surface area contributed by atoms with Gasteiger partial charge in [-0.1, -0.05) is 15.9 Å². The van der Waals surface area contributed by atoms with E-state index in [1.54, 1.807) is 0 Å². The summed E-state index contributed by atoms with van der Waals surface area (Å²) < 4.78 is 60.0. The zero-order valence-electron chi connectivity index (χ0n) is 9.61. The van der Waals surface area contributed by atoms with Gasteiger partial charge in [-0.05, 0) is 0 Å². The van der Waals surface area contributed by atoms with Crippen molar-refractivity contribution in [2.24, 2.45) is 0 Å². The van der Waals surface area contributed by atoms with Crippen molar-refractivity contribution in [2.75, 3.05) is 23.4 Å². The average Bonchev–Trinajstić information content (AvgIpc) is 2.26. The van der Waals surface area contributed by atoms with Crippen LogP contribution in [0.1, 0.15) is 6.42 Å². The summed E-state index contributed by atoms with van der Waals surface area (Å²) in [4.78, 5) is 22.9. The number of sulfone groups is 1. The summed E-state index contributed by atoms with van der Waals surface area (Å²) in [6.07, 6.45) is -5.48. The van der Waals surface area contributed by atoms with Crippen LogP contribution in [0.2, 0.25) is 0 Å². The van der Waals surface area contributed by atoms with Gasteiger partial charge in [-0.25, -0.2) is 8.42 Å². The van der Waals surface area contributed by atoms with Gasteiger partial charge in [-0.3, -0.25) is 9.59 Å². The molecule has 0 radical (unpaired) electrons. The second kappa shape index (κ2) is 5.78. The van der Waals surface area contributed by atoms with Crippen LogP contribution < -0.4 is 0 Å². The van der Waals surface area contributed by atoms with E-state index in [2.05, 4.69) is 15.9 Å². The number of amides is 1. The Labute approximate surface area is 116 Å². The maximum absolute atomic E-state index is 12.4. The third-order valence-corrected chi connectivity index (χ3v) is 4.97. The number of ketones is 1. The summed E-state index contributed by atoms with van der Waals surface area (Å²) in [5, 5.41) is -0.0996. The van der Waals surface area contributed by atoms with Crippen molar-refractivity contribution in [2.45, 2.75) is 18.6 Å². The number of carbonyl (C=O) groups is 2. The van der Waals surface area contributed by atoms with Crippen LogP contribution in [0.4, 0.5) is 13.2 Å². The smallest absolute Gasteiger partial charge is 0.329 e. The first-order valence-corrected chi connectivity index (χ1v) is 8.17. The third-order valence-electron chi connectivity index (χ3n) is 2.65. The van der Waals surface area contributed by atoms with E-state index in [4.69, 9.17) is 0 Å². The maximum atomic E-state index is 12.4. The highest BCUT2D eigenvalue weighted by molar-refractivity contribution is 9.09. The molecule has 0 aliphatic carbocycles. The molecule has 1 saturated heterocycles. The minimum Gasteiger partial charge on any atom is -0.329 e. The lowest BCUT2D eigenvalue weighted by atomic mass is 10.1. The summed E-state index contributed by atoms with van der Waals surface area (Å²) in [5.41, 5.74) is 0. The first-order valence-electron chi connectivity index (χ1n) is 5.22. The minimum absolute atomic E-state index is 0.0996. The largest absolute Gasteiger partial charge is 0.471 e. The summed E-state index contributed by atoms with van der Waals surface area (Å²) in [7, 11) is -3.53.